The number of imide groups is 2. The molecule has 0 bridgehead atoms. The number of hydroxylamine groups is 2. The predicted molar refractivity (Wildman–Crippen MR) is 83.2 cm³/mol. The topological polar surface area (TPSA) is 101 Å². The molecule has 3 rings (SSSR count). The number of carbonyl (C=O) groups excluding carboxylic acids is 5. The van der Waals surface area contributed by atoms with Gasteiger partial charge in [0.25, 0.3) is 23.6 Å². The van der Waals surface area contributed by atoms with Gasteiger partial charge in [-0.05, 0) is 38.0 Å². The molecule has 0 spiro atoms. The molecule has 8 nitrogen and oxygen atoms in total. The molecule has 25 heavy (non-hydrogen) atoms. The van der Waals surface area contributed by atoms with Gasteiger partial charge in [-0.3, -0.25) is 24.1 Å². The lowest BCUT2D eigenvalue weighted by atomic mass is 9.83. The van der Waals surface area contributed by atoms with Gasteiger partial charge >= 0.3 is 5.97 Å². The van der Waals surface area contributed by atoms with Crippen molar-refractivity contribution in [1.82, 2.24) is 9.96 Å². The Hall–Kier alpha value is -2.51. The van der Waals surface area contributed by atoms with Crippen molar-refractivity contribution < 1.29 is 28.8 Å². The molecule has 0 N–H and O–H groups in total. The zero-order valence-corrected chi connectivity index (χ0v) is 13.8. The number of carbonyl (C=O) groups is 5. The van der Waals surface area contributed by atoms with E-state index >= 15 is 0 Å². The Morgan fingerprint density at radius 3 is 2.08 bits per heavy atom. The minimum absolute atomic E-state index is 0.0713. The van der Waals surface area contributed by atoms with Gasteiger partial charge < -0.3 is 4.84 Å². The molecule has 0 atom stereocenters. The van der Waals surface area contributed by atoms with Gasteiger partial charge in [0.15, 0.2) is 0 Å². The molecule has 2 heterocycles. The van der Waals surface area contributed by atoms with Crippen molar-refractivity contribution in [2.45, 2.75) is 57.4 Å². The first kappa shape index (κ1) is 17.3. The summed E-state index contributed by atoms with van der Waals surface area (Å²) in [4.78, 5) is 64.2. The Morgan fingerprint density at radius 2 is 1.52 bits per heavy atom. The Morgan fingerprint density at radius 1 is 0.960 bits per heavy atom. The fraction of sp³-hybridized carbons (Fsp3) is 0.588. The van der Waals surface area contributed by atoms with Gasteiger partial charge in [0.05, 0.1) is 0 Å². The molecule has 1 saturated carbocycles. The van der Waals surface area contributed by atoms with E-state index in [1.807, 2.05) is 0 Å². The number of hydrogen-bond donors (Lipinski definition) is 0. The third-order valence-electron chi connectivity index (χ3n) is 4.98. The second kappa shape index (κ2) is 7.16. The smallest absolute Gasteiger partial charge is 0.330 e. The van der Waals surface area contributed by atoms with Crippen LogP contribution in [-0.2, 0) is 28.8 Å². The quantitative estimate of drug-likeness (QED) is 0.683. The number of hydrogen-bond acceptors (Lipinski definition) is 6. The molecule has 0 aromatic rings. The van der Waals surface area contributed by atoms with Crippen molar-refractivity contribution in [3.8, 4) is 0 Å². The van der Waals surface area contributed by atoms with Crippen molar-refractivity contribution in [2.75, 3.05) is 0 Å². The van der Waals surface area contributed by atoms with Gasteiger partial charge in [0.1, 0.15) is 0 Å². The van der Waals surface area contributed by atoms with Crippen molar-refractivity contribution >= 4 is 29.6 Å². The first-order valence-electron chi connectivity index (χ1n) is 8.57. The van der Waals surface area contributed by atoms with Crippen LogP contribution >= 0.6 is 0 Å². The summed E-state index contributed by atoms with van der Waals surface area (Å²) in [5.74, 6) is -1.75. The van der Waals surface area contributed by atoms with Gasteiger partial charge in [0.2, 0.25) is 0 Å². The molecular weight excluding hydrogens is 328 g/mol. The van der Waals surface area contributed by atoms with Crippen LogP contribution in [0.15, 0.2) is 12.2 Å². The van der Waals surface area contributed by atoms with E-state index in [-0.39, 0.29) is 37.1 Å². The molecule has 3 aliphatic rings. The van der Waals surface area contributed by atoms with Crippen LogP contribution in [0.4, 0.5) is 0 Å². The lowest BCUT2D eigenvalue weighted by molar-refractivity contribution is -0.197. The fourth-order valence-electron chi connectivity index (χ4n) is 3.59. The third kappa shape index (κ3) is 3.78. The van der Waals surface area contributed by atoms with Crippen molar-refractivity contribution in [3.63, 3.8) is 0 Å². The average molecular weight is 348 g/mol. The largest absolute Gasteiger partial charge is 0.333 e. The Kier molecular flexibility index (Phi) is 4.96. The second-order valence-corrected chi connectivity index (χ2v) is 6.64. The van der Waals surface area contributed by atoms with E-state index in [2.05, 4.69) is 0 Å². The molecule has 2 aliphatic heterocycles. The zero-order valence-electron chi connectivity index (χ0n) is 13.8. The van der Waals surface area contributed by atoms with E-state index in [1.54, 1.807) is 0 Å². The number of nitrogens with zero attached hydrogens (tertiary/aromatic N) is 2. The van der Waals surface area contributed by atoms with Crippen LogP contribution < -0.4 is 0 Å². The van der Waals surface area contributed by atoms with E-state index in [1.165, 1.54) is 17.1 Å². The van der Waals surface area contributed by atoms with Crippen molar-refractivity contribution in [2.24, 2.45) is 5.92 Å². The maximum Gasteiger partial charge on any atom is 0.333 e. The van der Waals surface area contributed by atoms with Crippen LogP contribution in [0.25, 0.3) is 0 Å². The Bertz CT molecular complexity index is 614. The Balaban J connectivity index is 1.40. The van der Waals surface area contributed by atoms with Crippen LogP contribution in [-0.4, -0.2) is 45.6 Å². The highest BCUT2D eigenvalue weighted by molar-refractivity contribution is 6.13. The highest BCUT2D eigenvalue weighted by Crippen LogP contribution is 2.31. The molecular formula is C17H20N2O6. The molecule has 1 saturated heterocycles. The molecule has 134 valence electrons. The lowest BCUT2D eigenvalue weighted by Gasteiger charge is -2.33. The first-order valence-corrected chi connectivity index (χ1v) is 8.57. The molecule has 2 fully saturated rings. The van der Waals surface area contributed by atoms with Gasteiger partial charge in [-0.1, -0.05) is 0 Å². The maximum absolute atomic E-state index is 11.8. The first-order chi connectivity index (χ1) is 12.0. The van der Waals surface area contributed by atoms with Crippen LogP contribution in [0.5, 0.6) is 0 Å². The Labute approximate surface area is 144 Å². The molecule has 0 aromatic carbocycles. The summed E-state index contributed by atoms with van der Waals surface area (Å²) in [6.07, 6.45) is 6.57. The summed E-state index contributed by atoms with van der Waals surface area (Å²) in [5.41, 5.74) is 0. The summed E-state index contributed by atoms with van der Waals surface area (Å²) in [5, 5.41) is 0.566. The SMILES string of the molecule is O=C(CCC1CCC(N2C(=O)C=CC2=O)CC1)ON1C(=O)CCC1=O. The van der Waals surface area contributed by atoms with Crippen LogP contribution in [0.2, 0.25) is 0 Å². The van der Waals surface area contributed by atoms with Gasteiger partial charge in [0, 0.05) is 37.5 Å². The summed E-state index contributed by atoms with van der Waals surface area (Å²) >= 11 is 0. The molecule has 1 aliphatic carbocycles. The molecule has 0 unspecified atom stereocenters. The molecule has 8 heteroatoms. The summed E-state index contributed by atoms with van der Waals surface area (Å²) in [6, 6.07) is -0.0713. The summed E-state index contributed by atoms with van der Waals surface area (Å²) < 4.78 is 0. The van der Waals surface area contributed by atoms with E-state index in [0.29, 0.717) is 17.4 Å². The van der Waals surface area contributed by atoms with Crippen LogP contribution in [0, 0.1) is 5.92 Å². The van der Waals surface area contributed by atoms with Gasteiger partial charge in [-0.15, -0.1) is 5.06 Å². The van der Waals surface area contributed by atoms with E-state index < -0.39 is 17.8 Å². The lowest BCUT2D eigenvalue weighted by Crippen LogP contribution is -2.42. The van der Waals surface area contributed by atoms with E-state index in [4.69, 9.17) is 4.84 Å². The van der Waals surface area contributed by atoms with Gasteiger partial charge in [-0.2, -0.15) is 0 Å². The summed E-state index contributed by atoms with van der Waals surface area (Å²) in [7, 11) is 0. The van der Waals surface area contributed by atoms with Gasteiger partial charge in [-0.25, -0.2) is 4.79 Å². The van der Waals surface area contributed by atoms with E-state index in [0.717, 1.165) is 25.7 Å². The van der Waals surface area contributed by atoms with Crippen molar-refractivity contribution in [3.05, 3.63) is 12.2 Å². The number of rotatable bonds is 5. The fourth-order valence-corrected chi connectivity index (χ4v) is 3.59. The third-order valence-corrected chi connectivity index (χ3v) is 4.98. The molecule has 0 radical (unpaired) electrons. The zero-order chi connectivity index (χ0) is 18.0. The van der Waals surface area contributed by atoms with Crippen LogP contribution in [0.3, 0.4) is 0 Å². The number of amides is 4. The minimum Gasteiger partial charge on any atom is -0.330 e. The van der Waals surface area contributed by atoms with E-state index in [9.17, 15) is 24.0 Å². The average Bonchev–Trinajstić information content (AvgIpc) is 3.09. The predicted octanol–water partition coefficient (Wildman–Crippen LogP) is 0.858. The summed E-state index contributed by atoms with van der Waals surface area (Å²) in [6.45, 7) is 0. The monoisotopic (exact) mass is 348 g/mol. The highest BCUT2D eigenvalue weighted by Gasteiger charge is 2.35. The molecule has 4 amide bonds. The standard InChI is InChI=1S/C17H20N2O6/c20-13-6-7-14(21)18(13)12-4-1-11(2-5-12)3-10-17(24)25-19-15(22)8-9-16(19)23/h6-7,11-12H,1-5,8-10H2. The maximum atomic E-state index is 11.8. The van der Waals surface area contributed by atoms with Crippen molar-refractivity contribution in [1.29, 1.82) is 0 Å². The minimum atomic E-state index is -0.583. The molecule has 0 aromatic heterocycles. The highest BCUT2D eigenvalue weighted by atomic mass is 16.7. The normalized spacial score (nSPS) is 26.7. The van der Waals surface area contributed by atoms with Crippen LogP contribution in [0.1, 0.15) is 51.4 Å². The second-order valence-electron chi connectivity index (χ2n) is 6.64.